The molecular weight excluding hydrogens is 314 g/mol. The highest BCUT2D eigenvalue weighted by Crippen LogP contribution is 2.17. The molecule has 0 saturated carbocycles. The van der Waals surface area contributed by atoms with Gasteiger partial charge in [0.2, 0.25) is 0 Å². The predicted molar refractivity (Wildman–Crippen MR) is 97.4 cm³/mol. The average molecular weight is 339 g/mol. The van der Waals surface area contributed by atoms with Crippen LogP contribution in [0, 0.1) is 0 Å². The van der Waals surface area contributed by atoms with Crippen LogP contribution in [0.3, 0.4) is 0 Å². The molecule has 1 aliphatic heterocycles. The van der Waals surface area contributed by atoms with Crippen LogP contribution < -0.4 is 5.32 Å². The Kier molecular flexibility index (Phi) is 5.95. The average Bonchev–Trinajstić information content (AvgIpc) is 3.16. The van der Waals surface area contributed by atoms with E-state index in [0.29, 0.717) is 24.8 Å². The number of hydrogen-bond donors (Lipinski definition) is 1. The largest absolute Gasteiger partial charge is 0.333 e. The summed E-state index contributed by atoms with van der Waals surface area (Å²) < 4.78 is 1.84. The number of carbonyl (C=O) groups excluding carboxylic acids is 1. The Hall–Kier alpha value is -2.47. The van der Waals surface area contributed by atoms with Crippen molar-refractivity contribution in [2.45, 2.75) is 25.3 Å². The first-order valence-corrected chi connectivity index (χ1v) is 8.84. The van der Waals surface area contributed by atoms with Crippen LogP contribution in [-0.2, 0) is 6.42 Å². The number of nitrogens with one attached hydrogen (secondary N) is 1. The van der Waals surface area contributed by atoms with Gasteiger partial charge in [0.1, 0.15) is 0 Å². The fraction of sp³-hybridized carbons (Fsp3) is 0.421. The second kappa shape index (κ2) is 8.58. The zero-order valence-electron chi connectivity index (χ0n) is 14.5. The van der Waals surface area contributed by atoms with E-state index in [1.54, 1.807) is 17.2 Å². The van der Waals surface area contributed by atoms with E-state index >= 15 is 0 Å². The van der Waals surface area contributed by atoms with E-state index in [1.165, 1.54) is 5.56 Å². The Labute approximate surface area is 148 Å². The summed E-state index contributed by atoms with van der Waals surface area (Å²) in [6, 6.07) is 10.5. The van der Waals surface area contributed by atoms with Crippen LogP contribution in [0.2, 0.25) is 0 Å². The minimum atomic E-state index is -0.0870. The number of piperidine rings is 1. The first kappa shape index (κ1) is 17.4. The lowest BCUT2D eigenvalue weighted by molar-refractivity contribution is 0.0769. The summed E-state index contributed by atoms with van der Waals surface area (Å²) in [5.74, 6) is -0.0870. The summed E-state index contributed by atoms with van der Waals surface area (Å²) >= 11 is 0. The van der Waals surface area contributed by atoms with Crippen molar-refractivity contribution >= 4 is 5.91 Å². The molecule has 0 atom stereocenters. The van der Waals surface area contributed by atoms with Crippen molar-refractivity contribution in [3.05, 3.63) is 60.4 Å². The standard InChI is InChI=1S/C19H25N5O/c1-2-13-23(14-10-16-6-4-3-5-7-16)19(25)18-15-24(22-21-18)17-8-11-20-12-9-17/h2-7,15,17,20H,1,8-14H2. The van der Waals surface area contributed by atoms with Gasteiger partial charge in [-0.25, -0.2) is 4.68 Å². The Morgan fingerprint density at radius 2 is 2.08 bits per heavy atom. The second-order valence-electron chi connectivity index (χ2n) is 6.34. The molecule has 1 amide bonds. The number of benzene rings is 1. The summed E-state index contributed by atoms with van der Waals surface area (Å²) in [6.07, 6.45) is 6.38. The summed E-state index contributed by atoms with van der Waals surface area (Å²) in [7, 11) is 0. The molecule has 0 unspecified atom stereocenters. The van der Waals surface area contributed by atoms with Gasteiger partial charge >= 0.3 is 0 Å². The molecule has 6 heteroatoms. The van der Waals surface area contributed by atoms with Crippen LogP contribution in [0.15, 0.2) is 49.2 Å². The first-order chi connectivity index (χ1) is 12.3. The molecule has 1 fully saturated rings. The first-order valence-electron chi connectivity index (χ1n) is 8.84. The smallest absolute Gasteiger partial charge is 0.276 e. The Balaban J connectivity index is 1.65. The summed E-state index contributed by atoms with van der Waals surface area (Å²) in [5, 5.41) is 11.6. The zero-order chi connectivity index (χ0) is 17.5. The lowest BCUT2D eigenvalue weighted by Crippen LogP contribution is -2.33. The molecule has 1 aromatic carbocycles. The van der Waals surface area contributed by atoms with Gasteiger partial charge in [-0.2, -0.15) is 0 Å². The normalized spacial score (nSPS) is 15.0. The van der Waals surface area contributed by atoms with E-state index in [0.717, 1.165) is 32.4 Å². The van der Waals surface area contributed by atoms with E-state index < -0.39 is 0 Å². The predicted octanol–water partition coefficient (Wildman–Crippen LogP) is 2.07. The van der Waals surface area contributed by atoms with Crippen LogP contribution in [0.25, 0.3) is 0 Å². The minimum Gasteiger partial charge on any atom is -0.333 e. The molecule has 0 aliphatic carbocycles. The molecule has 1 saturated heterocycles. The molecule has 0 radical (unpaired) electrons. The molecular formula is C19H25N5O. The van der Waals surface area contributed by atoms with E-state index in [-0.39, 0.29) is 5.91 Å². The van der Waals surface area contributed by atoms with Gasteiger partial charge in [0.05, 0.1) is 12.2 Å². The monoisotopic (exact) mass is 339 g/mol. The van der Waals surface area contributed by atoms with Crippen LogP contribution >= 0.6 is 0 Å². The third-order valence-corrected chi connectivity index (χ3v) is 4.56. The molecule has 2 aromatic rings. The lowest BCUT2D eigenvalue weighted by Gasteiger charge is -2.22. The van der Waals surface area contributed by atoms with E-state index in [4.69, 9.17) is 0 Å². The van der Waals surface area contributed by atoms with Gasteiger partial charge in [-0.3, -0.25) is 4.79 Å². The zero-order valence-corrected chi connectivity index (χ0v) is 14.5. The number of hydrogen-bond acceptors (Lipinski definition) is 4. The topological polar surface area (TPSA) is 63.1 Å². The van der Waals surface area contributed by atoms with Crippen molar-refractivity contribution in [3.63, 3.8) is 0 Å². The van der Waals surface area contributed by atoms with Crippen LogP contribution in [-0.4, -0.2) is 52.0 Å². The number of carbonyl (C=O) groups is 1. The number of aromatic nitrogens is 3. The lowest BCUT2D eigenvalue weighted by atomic mass is 10.1. The highest BCUT2D eigenvalue weighted by molar-refractivity contribution is 5.92. The number of amides is 1. The molecule has 132 valence electrons. The molecule has 1 N–H and O–H groups in total. The minimum absolute atomic E-state index is 0.0870. The summed E-state index contributed by atoms with van der Waals surface area (Å²) in [6.45, 7) is 6.87. The molecule has 2 heterocycles. The fourth-order valence-electron chi connectivity index (χ4n) is 3.13. The third-order valence-electron chi connectivity index (χ3n) is 4.56. The maximum atomic E-state index is 12.8. The van der Waals surface area contributed by atoms with Crippen molar-refractivity contribution < 1.29 is 4.79 Å². The number of nitrogens with zero attached hydrogens (tertiary/aromatic N) is 4. The molecule has 25 heavy (non-hydrogen) atoms. The Morgan fingerprint density at radius 1 is 1.32 bits per heavy atom. The van der Waals surface area contributed by atoms with Gasteiger partial charge in [-0.1, -0.05) is 41.6 Å². The molecule has 6 nitrogen and oxygen atoms in total. The maximum absolute atomic E-state index is 12.8. The molecule has 3 rings (SSSR count). The maximum Gasteiger partial charge on any atom is 0.276 e. The molecule has 0 spiro atoms. The fourth-order valence-corrected chi connectivity index (χ4v) is 3.13. The Morgan fingerprint density at radius 3 is 2.80 bits per heavy atom. The van der Waals surface area contributed by atoms with Crippen LogP contribution in [0.4, 0.5) is 0 Å². The van der Waals surface area contributed by atoms with Gasteiger partial charge < -0.3 is 10.2 Å². The second-order valence-corrected chi connectivity index (χ2v) is 6.34. The van der Waals surface area contributed by atoms with E-state index in [1.807, 2.05) is 22.9 Å². The third kappa shape index (κ3) is 4.54. The van der Waals surface area contributed by atoms with Crippen molar-refractivity contribution in [2.75, 3.05) is 26.2 Å². The van der Waals surface area contributed by atoms with Crippen molar-refractivity contribution in [1.82, 2.24) is 25.2 Å². The van der Waals surface area contributed by atoms with Crippen LogP contribution in [0.1, 0.15) is 34.9 Å². The quantitative estimate of drug-likeness (QED) is 0.785. The van der Waals surface area contributed by atoms with Crippen molar-refractivity contribution in [2.24, 2.45) is 0 Å². The summed E-state index contributed by atoms with van der Waals surface area (Å²) in [5.41, 5.74) is 1.62. The summed E-state index contributed by atoms with van der Waals surface area (Å²) in [4.78, 5) is 14.6. The van der Waals surface area contributed by atoms with E-state index in [2.05, 4.69) is 34.3 Å². The van der Waals surface area contributed by atoms with Gasteiger partial charge in [0, 0.05) is 13.1 Å². The van der Waals surface area contributed by atoms with Crippen LogP contribution in [0.5, 0.6) is 0 Å². The SMILES string of the molecule is C=CCN(CCc1ccccc1)C(=O)c1cn(C2CCNCC2)nn1. The highest BCUT2D eigenvalue weighted by Gasteiger charge is 2.21. The number of rotatable bonds is 7. The van der Waals surface area contributed by atoms with Gasteiger partial charge in [-0.05, 0) is 37.9 Å². The van der Waals surface area contributed by atoms with E-state index in [9.17, 15) is 4.79 Å². The molecule has 1 aliphatic rings. The Bertz CT molecular complexity index is 691. The van der Waals surface area contributed by atoms with Gasteiger partial charge in [0.25, 0.3) is 5.91 Å². The molecule has 1 aromatic heterocycles. The van der Waals surface area contributed by atoms with Gasteiger partial charge in [0.15, 0.2) is 5.69 Å². The molecule has 0 bridgehead atoms. The van der Waals surface area contributed by atoms with Crippen molar-refractivity contribution in [1.29, 1.82) is 0 Å². The van der Waals surface area contributed by atoms with Gasteiger partial charge in [-0.15, -0.1) is 11.7 Å². The van der Waals surface area contributed by atoms with Crippen molar-refractivity contribution in [3.8, 4) is 0 Å². The highest BCUT2D eigenvalue weighted by atomic mass is 16.2.